The number of anilines is 1. The molecule has 8 nitrogen and oxygen atoms in total. The Bertz CT molecular complexity index is 1210. The number of amides is 1. The Labute approximate surface area is 211 Å². The van der Waals surface area contributed by atoms with E-state index in [2.05, 4.69) is 22.3 Å². The number of para-hydroxylation sites is 1. The van der Waals surface area contributed by atoms with Crippen molar-refractivity contribution < 1.29 is 22.4 Å². The molecule has 0 unspecified atom stereocenters. The van der Waals surface area contributed by atoms with Crippen LogP contribution in [0.2, 0.25) is 0 Å². The van der Waals surface area contributed by atoms with Gasteiger partial charge in [-0.3, -0.25) is 10.1 Å². The van der Waals surface area contributed by atoms with Gasteiger partial charge in [0.05, 0.1) is 29.9 Å². The van der Waals surface area contributed by atoms with Crippen LogP contribution in [0.5, 0.6) is 5.75 Å². The lowest BCUT2D eigenvalue weighted by atomic mass is 10.2. The monoisotopic (exact) mass is 515 g/mol. The molecule has 0 atom stereocenters. The molecule has 0 aliphatic carbocycles. The molecule has 35 heavy (non-hydrogen) atoms. The fraction of sp³-hybridized carbons (Fsp3) is 0.280. The van der Waals surface area contributed by atoms with Crippen molar-refractivity contribution in [2.45, 2.75) is 44.0 Å². The normalized spacial score (nSPS) is 11.1. The Balaban J connectivity index is 1.53. The number of furan rings is 1. The highest BCUT2D eigenvalue weighted by Gasteiger charge is 2.16. The summed E-state index contributed by atoms with van der Waals surface area (Å²) in [5.41, 5.74) is 0.914. The summed E-state index contributed by atoms with van der Waals surface area (Å²) in [6.07, 6.45) is 5.78. The molecule has 0 spiro atoms. The van der Waals surface area contributed by atoms with Gasteiger partial charge < -0.3 is 14.5 Å². The minimum atomic E-state index is -3.71. The van der Waals surface area contributed by atoms with Gasteiger partial charge in [-0.25, -0.2) is 13.1 Å². The average molecular weight is 516 g/mol. The topological polar surface area (TPSA) is 110 Å². The third-order valence-electron chi connectivity index (χ3n) is 5.05. The van der Waals surface area contributed by atoms with E-state index in [4.69, 9.17) is 21.4 Å². The lowest BCUT2D eigenvalue weighted by molar-refractivity contribution is 0.0973. The van der Waals surface area contributed by atoms with E-state index in [1.54, 1.807) is 42.5 Å². The summed E-state index contributed by atoms with van der Waals surface area (Å²) >= 11 is 5.26. The van der Waals surface area contributed by atoms with Crippen LogP contribution in [0.3, 0.4) is 0 Å². The third-order valence-corrected chi connectivity index (χ3v) is 6.67. The first-order chi connectivity index (χ1) is 16.9. The summed E-state index contributed by atoms with van der Waals surface area (Å²) < 4.78 is 38.3. The molecule has 0 fully saturated rings. The van der Waals surface area contributed by atoms with Crippen molar-refractivity contribution in [2.24, 2.45) is 0 Å². The summed E-state index contributed by atoms with van der Waals surface area (Å²) in [6.45, 7) is 2.74. The fourth-order valence-corrected chi connectivity index (χ4v) is 4.41. The predicted molar refractivity (Wildman–Crippen MR) is 139 cm³/mol. The highest BCUT2D eigenvalue weighted by atomic mass is 32.2. The van der Waals surface area contributed by atoms with Crippen molar-refractivity contribution >= 4 is 38.9 Å². The van der Waals surface area contributed by atoms with E-state index in [0.717, 1.165) is 25.7 Å². The smallest absolute Gasteiger partial charge is 0.261 e. The number of hydrogen-bond acceptors (Lipinski definition) is 6. The van der Waals surface area contributed by atoms with E-state index in [1.165, 1.54) is 18.4 Å². The minimum absolute atomic E-state index is 0.0510. The number of sulfonamides is 1. The quantitative estimate of drug-likeness (QED) is 0.234. The van der Waals surface area contributed by atoms with Gasteiger partial charge in [-0.1, -0.05) is 38.3 Å². The van der Waals surface area contributed by atoms with E-state index in [-0.39, 0.29) is 16.6 Å². The van der Waals surface area contributed by atoms with Crippen LogP contribution >= 0.6 is 12.2 Å². The summed E-state index contributed by atoms with van der Waals surface area (Å²) in [5, 5.41) is 5.61. The number of unbranched alkanes of at least 4 members (excludes halogenated alkanes) is 3. The van der Waals surface area contributed by atoms with Crippen LogP contribution < -0.4 is 20.1 Å². The van der Waals surface area contributed by atoms with Crippen molar-refractivity contribution in [3.63, 3.8) is 0 Å². The maximum Gasteiger partial charge on any atom is 0.261 e. The minimum Gasteiger partial charge on any atom is -0.493 e. The molecule has 1 heterocycles. The molecule has 0 radical (unpaired) electrons. The summed E-state index contributed by atoms with van der Waals surface area (Å²) in [5.74, 6) is 0.616. The number of rotatable bonds is 12. The van der Waals surface area contributed by atoms with Gasteiger partial charge in [0.15, 0.2) is 5.11 Å². The number of carbonyl (C=O) groups excluding carboxylic acids is 1. The summed E-state index contributed by atoms with van der Waals surface area (Å²) in [7, 11) is -3.71. The number of carbonyl (C=O) groups is 1. The molecular formula is C25H29N3O5S2. The molecule has 0 saturated carbocycles. The molecule has 3 rings (SSSR count). The molecule has 3 aromatic rings. The van der Waals surface area contributed by atoms with Gasteiger partial charge in [0.25, 0.3) is 5.91 Å². The Morgan fingerprint density at radius 2 is 1.77 bits per heavy atom. The molecule has 0 aliphatic rings. The molecule has 10 heteroatoms. The second kappa shape index (κ2) is 13.0. The lowest BCUT2D eigenvalue weighted by Gasteiger charge is -2.13. The highest BCUT2D eigenvalue weighted by molar-refractivity contribution is 7.89. The van der Waals surface area contributed by atoms with Crippen LogP contribution in [-0.4, -0.2) is 26.0 Å². The Hall–Kier alpha value is -3.21. The summed E-state index contributed by atoms with van der Waals surface area (Å²) in [4.78, 5) is 12.8. The summed E-state index contributed by atoms with van der Waals surface area (Å²) in [6, 6.07) is 16.4. The first-order valence-corrected chi connectivity index (χ1v) is 13.2. The molecule has 1 amide bonds. The molecule has 0 bridgehead atoms. The van der Waals surface area contributed by atoms with E-state index >= 15 is 0 Å². The van der Waals surface area contributed by atoms with Gasteiger partial charge >= 0.3 is 0 Å². The van der Waals surface area contributed by atoms with Crippen LogP contribution in [0.25, 0.3) is 0 Å². The van der Waals surface area contributed by atoms with Crippen LogP contribution in [0, 0.1) is 0 Å². The molecule has 186 valence electrons. The zero-order chi connectivity index (χ0) is 25.1. The van der Waals surface area contributed by atoms with Gasteiger partial charge in [-0.05, 0) is 67.2 Å². The number of thiocarbonyl (C=S) groups is 1. The van der Waals surface area contributed by atoms with Crippen molar-refractivity contribution in [1.29, 1.82) is 0 Å². The first-order valence-electron chi connectivity index (χ1n) is 11.4. The first kappa shape index (κ1) is 26.4. The molecule has 3 N–H and O–H groups in total. The van der Waals surface area contributed by atoms with Crippen LogP contribution in [0.4, 0.5) is 5.69 Å². The molecule has 0 aliphatic heterocycles. The van der Waals surface area contributed by atoms with Crippen molar-refractivity contribution in [3.05, 3.63) is 78.3 Å². The van der Waals surface area contributed by atoms with Gasteiger partial charge in [0.2, 0.25) is 10.0 Å². The van der Waals surface area contributed by atoms with E-state index < -0.39 is 15.9 Å². The van der Waals surface area contributed by atoms with E-state index in [1.807, 2.05) is 6.07 Å². The average Bonchev–Trinajstić information content (AvgIpc) is 3.37. The number of nitrogens with one attached hydrogen (secondary N) is 3. The second-order valence-electron chi connectivity index (χ2n) is 7.74. The fourth-order valence-electron chi connectivity index (χ4n) is 3.20. The van der Waals surface area contributed by atoms with Gasteiger partial charge in [-0.2, -0.15) is 0 Å². The Morgan fingerprint density at radius 1 is 1.00 bits per heavy atom. The Morgan fingerprint density at radius 3 is 2.49 bits per heavy atom. The largest absolute Gasteiger partial charge is 0.493 e. The molecular weight excluding hydrogens is 486 g/mol. The standard InChI is InChI=1S/C25H29N3O5S2/c1-2-3-4-7-16-33-23-11-6-5-10-22(23)24(29)28-25(34)27-19-12-14-21(15-13-19)35(30,31)26-18-20-9-8-17-32-20/h5-6,8-15,17,26H,2-4,7,16,18H2,1H3,(H2,27,28,29,34). The number of ether oxygens (including phenoxy) is 1. The Kier molecular flexibility index (Phi) is 9.83. The van der Waals surface area contributed by atoms with Crippen molar-refractivity contribution in [3.8, 4) is 5.75 Å². The molecule has 2 aromatic carbocycles. The van der Waals surface area contributed by atoms with Crippen molar-refractivity contribution in [2.75, 3.05) is 11.9 Å². The maximum absolute atomic E-state index is 12.7. The van der Waals surface area contributed by atoms with Gasteiger partial charge in [0.1, 0.15) is 11.5 Å². The predicted octanol–water partition coefficient (Wildman–Crippen LogP) is 4.84. The molecule has 1 aromatic heterocycles. The lowest BCUT2D eigenvalue weighted by Crippen LogP contribution is -2.34. The van der Waals surface area contributed by atoms with E-state index in [0.29, 0.717) is 29.4 Å². The number of hydrogen-bond donors (Lipinski definition) is 3. The third kappa shape index (κ3) is 8.20. The van der Waals surface area contributed by atoms with Gasteiger partial charge in [-0.15, -0.1) is 0 Å². The van der Waals surface area contributed by atoms with Crippen LogP contribution in [0.15, 0.2) is 76.2 Å². The van der Waals surface area contributed by atoms with E-state index in [9.17, 15) is 13.2 Å². The van der Waals surface area contributed by atoms with Crippen molar-refractivity contribution in [1.82, 2.24) is 10.0 Å². The zero-order valence-corrected chi connectivity index (χ0v) is 21.1. The zero-order valence-electron chi connectivity index (χ0n) is 19.5. The highest BCUT2D eigenvalue weighted by Crippen LogP contribution is 2.19. The molecule has 0 saturated heterocycles. The van der Waals surface area contributed by atoms with Crippen LogP contribution in [0.1, 0.15) is 48.7 Å². The second-order valence-corrected chi connectivity index (χ2v) is 9.92. The van der Waals surface area contributed by atoms with Crippen LogP contribution in [-0.2, 0) is 16.6 Å². The maximum atomic E-state index is 12.7. The SMILES string of the molecule is CCCCCCOc1ccccc1C(=O)NC(=S)Nc1ccc(S(=O)(=O)NCc2ccco2)cc1. The number of benzene rings is 2. The van der Waals surface area contributed by atoms with Gasteiger partial charge in [0, 0.05) is 5.69 Å².